The maximum Gasteiger partial charge on any atom is 0.262 e. The summed E-state index contributed by atoms with van der Waals surface area (Å²) < 4.78 is 211. The molecule has 498 valence electrons. The second-order valence-electron chi connectivity index (χ2n) is 24.4. The molecular formula is C74H50F12N4O8. The molecule has 16 bridgehead atoms. The van der Waals surface area contributed by atoms with Crippen molar-refractivity contribution in [1.82, 2.24) is 0 Å². The number of halogens is 12. The molecule has 0 radical (unpaired) electrons. The van der Waals surface area contributed by atoms with Gasteiger partial charge in [0.15, 0.2) is 72.7 Å². The summed E-state index contributed by atoms with van der Waals surface area (Å²) in [6.07, 6.45) is 0. The van der Waals surface area contributed by atoms with Crippen LogP contribution in [0, 0.1) is 93.5 Å². The lowest BCUT2D eigenvalue weighted by Gasteiger charge is -2.23. The number of anilines is 4. The number of amides is 4. The highest BCUT2D eigenvalue weighted by molar-refractivity contribution is 5.96. The Morgan fingerprint density at radius 3 is 0.653 bits per heavy atom. The third kappa shape index (κ3) is 13.8. The lowest BCUT2D eigenvalue weighted by atomic mass is 9.81. The number of benzene rings is 9. The zero-order chi connectivity index (χ0) is 70.4. The molecule has 14 aliphatic heterocycles. The molecule has 0 aromatic heterocycles. The Bertz CT molecular complexity index is 4300. The largest absolute Gasteiger partial charge is 0.477 e. The molecule has 0 atom stereocenters. The zero-order valence-corrected chi connectivity index (χ0v) is 52.2. The topological polar surface area (TPSA) is 153 Å². The molecule has 23 rings (SSSR count). The minimum absolute atomic E-state index is 0.00277. The maximum atomic E-state index is 16.9. The van der Waals surface area contributed by atoms with Crippen molar-refractivity contribution in [1.29, 1.82) is 0 Å². The van der Waals surface area contributed by atoms with Gasteiger partial charge in [0.2, 0.25) is 46.5 Å². The van der Waals surface area contributed by atoms with Crippen molar-refractivity contribution < 1.29 is 90.8 Å². The number of ether oxygens (including phenoxy) is 4. The van der Waals surface area contributed by atoms with Crippen LogP contribution in [0.3, 0.4) is 0 Å². The van der Waals surface area contributed by atoms with Crippen molar-refractivity contribution in [2.24, 2.45) is 0 Å². The highest BCUT2D eigenvalue weighted by Gasteiger charge is 2.33. The van der Waals surface area contributed by atoms with E-state index in [1.54, 1.807) is 24.3 Å². The number of carbonyl (C=O) groups excluding carboxylic acids is 4. The molecule has 4 N–H and O–H groups in total. The molecule has 98 heavy (non-hydrogen) atoms. The van der Waals surface area contributed by atoms with Crippen LogP contribution in [-0.4, -0.2) is 50.1 Å². The monoisotopic (exact) mass is 1350 g/mol. The van der Waals surface area contributed by atoms with Gasteiger partial charge in [-0.25, -0.2) is 17.6 Å². The van der Waals surface area contributed by atoms with E-state index < -0.39 is 165 Å². The molecule has 0 unspecified atom stereocenters. The fourth-order valence-electron chi connectivity index (χ4n) is 10.4. The average Bonchev–Trinajstić information content (AvgIpc) is 0.745. The van der Waals surface area contributed by atoms with E-state index in [1.165, 1.54) is 97.1 Å². The first-order chi connectivity index (χ1) is 46.4. The van der Waals surface area contributed by atoms with E-state index >= 15 is 52.7 Å². The second-order valence-corrected chi connectivity index (χ2v) is 24.4. The Morgan fingerprint density at radius 1 is 0.286 bits per heavy atom. The molecule has 9 aromatic carbocycles. The summed E-state index contributed by atoms with van der Waals surface area (Å²) in [7, 11) is 0. The van der Waals surface area contributed by atoms with Crippen LogP contribution in [0.2, 0.25) is 0 Å². The zero-order valence-electron chi connectivity index (χ0n) is 52.2. The molecule has 12 nitrogen and oxygen atoms in total. The van der Waals surface area contributed by atoms with Gasteiger partial charge in [-0.3, -0.25) is 19.2 Å². The summed E-state index contributed by atoms with van der Waals surface area (Å²) in [4.78, 5) is 52.8. The van der Waals surface area contributed by atoms with Crippen LogP contribution in [0.5, 0.6) is 23.0 Å². The molecule has 0 spiro atoms. The molecular weight excluding hydrogens is 1300 g/mol. The van der Waals surface area contributed by atoms with E-state index in [-0.39, 0.29) is 78.4 Å². The predicted octanol–water partition coefficient (Wildman–Crippen LogP) is 16.1. The summed E-state index contributed by atoms with van der Waals surface area (Å²) in [5.74, 6) is -25.5. The maximum absolute atomic E-state index is 16.9. The molecule has 14 heterocycles. The number of hydrogen-bond acceptors (Lipinski definition) is 8. The SMILES string of the molecule is CC(C)(C)c1cc2c3c(c1)-c1ccc(cc1)NC(=O)COc1c(F)c(F)c(c(F)c1F)OCC(=O)Nc1ccc(cc1)-c1cc(C(C)(C)C)cc(c1C#Cc1c(F)c(F)c(c(F)c1F)C#C3)-c1ccc(cc1)NC(=O)COc1c(F)c(F)c(c(F)c1F)OCC(=O)Nc1ccc-2cc1. The van der Waals surface area contributed by atoms with Gasteiger partial charge in [-0.2, -0.15) is 35.1 Å². The number of hydrogen-bond donors (Lipinski definition) is 4. The van der Waals surface area contributed by atoms with Crippen molar-refractivity contribution in [3.8, 4) is 91.2 Å². The van der Waals surface area contributed by atoms with Crippen molar-refractivity contribution in [2.45, 2.75) is 52.4 Å². The summed E-state index contributed by atoms with van der Waals surface area (Å²) in [6.45, 7) is 6.12. The number of nitrogens with one attached hydrogen (secondary N) is 4. The standard InChI is InChI=1S/C74H50F12N4O8/c1-73(2,3)39-27-49-35-7-15-41(16-8-35)87-53(91)31-95-69-61(79)65(83)71(66(84)62(69)80)97-33-55(93)89-43-19-11-37(12-20-43)51-29-40(74(4,5)6)30-52-38-13-21-44(22-14-38)90-56(94)34-98-72-67(85)63(81)70(64(82)68(72)86)96-32-54(92)88-42-17-9-36(10-18-42)50(28-39)45(49)23-25-47-57(75)59(77)48(26-24-46(51)52)60(78)58(47)76/h7-22,27-30H,31-34H2,1-6H3,(H,87,91)(H,88,92)(H,89,93)(H,90,94). The summed E-state index contributed by atoms with van der Waals surface area (Å²) in [5, 5.41) is 9.62. The first kappa shape index (κ1) is 67.7. The van der Waals surface area contributed by atoms with Gasteiger partial charge in [-0.1, -0.05) is 114 Å². The Morgan fingerprint density at radius 2 is 0.469 bits per heavy atom. The van der Waals surface area contributed by atoms with Crippen molar-refractivity contribution in [3.63, 3.8) is 0 Å². The van der Waals surface area contributed by atoms with Gasteiger partial charge in [0, 0.05) is 33.9 Å². The third-order valence-corrected chi connectivity index (χ3v) is 15.6. The first-order valence-corrected chi connectivity index (χ1v) is 29.6. The van der Waals surface area contributed by atoms with Crippen LogP contribution in [0.15, 0.2) is 121 Å². The Labute approximate surface area is 550 Å². The van der Waals surface area contributed by atoms with E-state index in [0.717, 1.165) is 0 Å². The molecule has 14 aliphatic rings. The molecule has 0 aliphatic carbocycles. The van der Waals surface area contributed by atoms with E-state index in [0.29, 0.717) is 11.1 Å². The molecule has 9 aromatic rings. The van der Waals surface area contributed by atoms with Crippen LogP contribution in [0.25, 0.3) is 44.5 Å². The van der Waals surface area contributed by atoms with Crippen LogP contribution in [0.1, 0.15) is 74.9 Å². The summed E-state index contributed by atoms with van der Waals surface area (Å²) in [5.41, 5.74) is -1.14. The molecule has 24 heteroatoms. The average molecular weight is 1350 g/mol. The van der Waals surface area contributed by atoms with Gasteiger partial charge in [0.25, 0.3) is 23.6 Å². The van der Waals surface area contributed by atoms with Crippen molar-refractivity contribution in [3.05, 3.63) is 225 Å². The Balaban J connectivity index is 1.14. The second kappa shape index (κ2) is 26.9. The van der Waals surface area contributed by atoms with Crippen molar-refractivity contribution in [2.75, 3.05) is 47.7 Å². The van der Waals surface area contributed by atoms with Crippen LogP contribution in [-0.2, 0) is 30.0 Å². The number of rotatable bonds is 0. The minimum Gasteiger partial charge on any atom is -0.477 e. The summed E-state index contributed by atoms with van der Waals surface area (Å²) in [6, 6.07) is 28.8. The molecule has 0 fully saturated rings. The van der Waals surface area contributed by atoms with Gasteiger partial charge in [0.1, 0.15) is 11.1 Å². The molecule has 0 saturated heterocycles. The van der Waals surface area contributed by atoms with Crippen LogP contribution >= 0.6 is 0 Å². The van der Waals surface area contributed by atoms with Gasteiger partial charge in [-0.15, -0.1) is 0 Å². The third-order valence-electron chi connectivity index (χ3n) is 15.6. The van der Waals surface area contributed by atoms with Gasteiger partial charge in [-0.05, 0) is 139 Å². The van der Waals surface area contributed by atoms with E-state index in [1.807, 2.05) is 41.5 Å². The highest BCUT2D eigenvalue weighted by atomic mass is 19.2. The van der Waals surface area contributed by atoms with Crippen LogP contribution < -0.4 is 40.2 Å². The smallest absolute Gasteiger partial charge is 0.262 e. The summed E-state index contributed by atoms with van der Waals surface area (Å²) >= 11 is 0. The predicted molar refractivity (Wildman–Crippen MR) is 339 cm³/mol. The Hall–Kier alpha value is -11.7. The first-order valence-electron chi connectivity index (χ1n) is 29.6. The number of carbonyl (C=O) groups is 4. The van der Waals surface area contributed by atoms with Crippen molar-refractivity contribution >= 4 is 46.4 Å². The fourth-order valence-corrected chi connectivity index (χ4v) is 10.4. The normalized spacial score (nSPS) is 13.6. The van der Waals surface area contributed by atoms with Crippen LogP contribution in [0.4, 0.5) is 75.4 Å². The Kier molecular flexibility index (Phi) is 18.6. The highest BCUT2D eigenvalue weighted by Crippen LogP contribution is 2.43. The molecule has 4 amide bonds. The fraction of sp³-hybridized carbons (Fsp3) is 0.162. The lowest BCUT2D eigenvalue weighted by molar-refractivity contribution is -0.119. The molecule has 0 saturated carbocycles. The van der Waals surface area contributed by atoms with Gasteiger partial charge >= 0.3 is 0 Å². The lowest BCUT2D eigenvalue weighted by Crippen LogP contribution is -2.22. The quantitative estimate of drug-likeness (QED) is 0.0665. The van der Waals surface area contributed by atoms with Gasteiger partial charge in [0.05, 0.1) is 0 Å². The van der Waals surface area contributed by atoms with E-state index in [2.05, 4.69) is 44.9 Å². The van der Waals surface area contributed by atoms with E-state index in [4.69, 9.17) is 18.9 Å². The van der Waals surface area contributed by atoms with E-state index in [9.17, 15) is 19.2 Å². The minimum atomic E-state index is -2.10. The van der Waals surface area contributed by atoms with Gasteiger partial charge < -0.3 is 40.2 Å².